The molecular weight excluding hydrogens is 377 g/mol. The molecule has 3 aliphatic carbocycles. The van der Waals surface area contributed by atoms with E-state index in [9.17, 15) is 14.4 Å². The summed E-state index contributed by atoms with van der Waals surface area (Å²) in [7, 11) is -0.376. The predicted octanol–water partition coefficient (Wildman–Crippen LogP) is 0.139. The molecule has 4 fully saturated rings. The van der Waals surface area contributed by atoms with Gasteiger partial charge in [0.05, 0.1) is 30.7 Å². The lowest BCUT2D eigenvalue weighted by atomic mass is 9.43. The zero-order valence-corrected chi connectivity index (χ0v) is 17.6. The molecule has 0 radical (unpaired) electrons. The monoisotopic (exact) mass is 409 g/mol. The molecule has 3 saturated carbocycles. The van der Waals surface area contributed by atoms with E-state index in [-0.39, 0.29) is 42.5 Å². The third kappa shape index (κ3) is 4.15. The minimum absolute atomic E-state index is 0.0494. The van der Waals surface area contributed by atoms with Crippen molar-refractivity contribution in [2.75, 3.05) is 13.1 Å². The summed E-state index contributed by atoms with van der Waals surface area (Å²) in [6.45, 7) is 8.82. The number of carbonyl (C=O) groups is 3. The third-order valence-electron chi connectivity index (χ3n) is 7.21. The molecule has 162 valence electrons. The maximum Gasteiger partial charge on any atom is 0.462 e. The average Bonchev–Trinajstić information content (AvgIpc) is 3.00. The van der Waals surface area contributed by atoms with E-state index in [1.54, 1.807) is 0 Å². The summed E-state index contributed by atoms with van der Waals surface area (Å²) < 4.78 is 12.6. The van der Waals surface area contributed by atoms with Crippen LogP contribution in [0.25, 0.3) is 0 Å². The van der Waals surface area contributed by atoms with Crippen LogP contribution in [0, 0.1) is 17.3 Å². The number of carboxylic acids is 1. The molecule has 0 spiro atoms. The quantitative estimate of drug-likeness (QED) is 0.418. The molecule has 0 aromatic heterocycles. The van der Waals surface area contributed by atoms with Crippen LogP contribution in [0.2, 0.25) is 5.82 Å². The summed E-state index contributed by atoms with van der Waals surface area (Å²) in [5, 5.41) is 13.7. The number of nitrogens with two attached hydrogens (primary N) is 1. The van der Waals surface area contributed by atoms with Gasteiger partial charge in [0.2, 0.25) is 11.8 Å². The molecule has 10 heteroatoms. The fraction of sp³-hybridized carbons (Fsp3) is 0.842. The van der Waals surface area contributed by atoms with Crippen LogP contribution in [0.4, 0.5) is 0 Å². The van der Waals surface area contributed by atoms with Gasteiger partial charge in [-0.05, 0) is 37.0 Å². The molecule has 2 amide bonds. The summed E-state index contributed by atoms with van der Waals surface area (Å²) >= 11 is 0. The second-order valence-electron chi connectivity index (χ2n) is 9.54. The summed E-state index contributed by atoms with van der Waals surface area (Å²) in [4.78, 5) is 34.2. The number of nitrogens with one attached hydrogen (secondary N) is 2. The Hall–Kier alpha value is -1.65. The van der Waals surface area contributed by atoms with E-state index in [0.29, 0.717) is 18.4 Å². The van der Waals surface area contributed by atoms with Crippen molar-refractivity contribution in [3.63, 3.8) is 0 Å². The van der Waals surface area contributed by atoms with Crippen LogP contribution >= 0.6 is 0 Å². The third-order valence-corrected chi connectivity index (χ3v) is 7.21. The zero-order chi connectivity index (χ0) is 21.6. The minimum atomic E-state index is -1.18. The van der Waals surface area contributed by atoms with Crippen molar-refractivity contribution in [3.05, 3.63) is 0 Å². The first-order valence-corrected chi connectivity index (χ1v) is 10.3. The van der Waals surface area contributed by atoms with Crippen molar-refractivity contribution < 1.29 is 28.8 Å². The molecular formula is C19H32BN3O6. The fourth-order valence-corrected chi connectivity index (χ4v) is 5.16. The Bertz CT molecular complexity index is 689. The van der Waals surface area contributed by atoms with Crippen molar-refractivity contribution in [1.29, 1.82) is 0 Å². The Morgan fingerprint density at radius 3 is 2.55 bits per heavy atom. The smallest absolute Gasteiger partial charge is 0.462 e. The second kappa shape index (κ2) is 7.88. The number of hydrogen-bond donors (Lipinski definition) is 4. The van der Waals surface area contributed by atoms with E-state index >= 15 is 0 Å². The van der Waals surface area contributed by atoms with E-state index in [2.05, 4.69) is 31.4 Å². The molecule has 1 aliphatic heterocycles. The van der Waals surface area contributed by atoms with E-state index in [4.69, 9.17) is 20.1 Å². The van der Waals surface area contributed by atoms with E-state index in [0.717, 1.165) is 6.42 Å². The lowest BCUT2D eigenvalue weighted by Gasteiger charge is -2.64. The SMILES string of the molecule is C[C@@H](CNC(=O)CNC(=O)C(N)CC(=O)O)B1OC2CC3CC(C3(C)C)[C@@]2(C)O1. The largest absolute Gasteiger partial charge is 0.481 e. The number of carbonyl (C=O) groups excluding carboxylic acids is 2. The van der Waals surface area contributed by atoms with Gasteiger partial charge in [0.1, 0.15) is 0 Å². The van der Waals surface area contributed by atoms with Gasteiger partial charge in [-0.25, -0.2) is 0 Å². The molecule has 1 heterocycles. The molecule has 6 atom stereocenters. The molecule has 9 nitrogen and oxygen atoms in total. The predicted molar refractivity (Wildman–Crippen MR) is 106 cm³/mol. The lowest BCUT2D eigenvalue weighted by molar-refractivity contribution is -0.199. The number of amides is 2. The van der Waals surface area contributed by atoms with Crippen molar-refractivity contribution in [3.8, 4) is 0 Å². The topological polar surface area (TPSA) is 140 Å². The van der Waals surface area contributed by atoms with Gasteiger partial charge < -0.3 is 30.8 Å². The Morgan fingerprint density at radius 1 is 1.24 bits per heavy atom. The normalized spacial score (nSPS) is 33.8. The highest BCUT2D eigenvalue weighted by molar-refractivity contribution is 6.47. The molecule has 4 aliphatic rings. The summed E-state index contributed by atoms with van der Waals surface area (Å²) in [5.74, 6) is -1.10. The van der Waals surface area contributed by atoms with Crippen LogP contribution in [0.1, 0.15) is 47.0 Å². The fourth-order valence-electron chi connectivity index (χ4n) is 5.16. The molecule has 1 saturated heterocycles. The second-order valence-corrected chi connectivity index (χ2v) is 9.54. The number of rotatable bonds is 8. The van der Waals surface area contributed by atoms with Gasteiger partial charge in [0, 0.05) is 12.4 Å². The first-order valence-electron chi connectivity index (χ1n) is 10.3. The number of carboxylic acid groups (broad SMARTS) is 1. The average molecular weight is 409 g/mol. The summed E-state index contributed by atoms with van der Waals surface area (Å²) in [6, 6.07) is -1.18. The Morgan fingerprint density at radius 2 is 1.93 bits per heavy atom. The summed E-state index contributed by atoms with van der Waals surface area (Å²) in [6.07, 6.45) is 1.81. The van der Waals surface area contributed by atoms with Crippen LogP contribution in [0.3, 0.4) is 0 Å². The standard InChI is InChI=1S/C19H32BN3O6/c1-10(8-22-15(24)9-23-17(27)12(21)7-16(25)26)20-28-14-6-11-5-13(18(11,2)3)19(14,4)29-20/h10-14H,5-9,21H2,1-4H3,(H,22,24)(H,23,27)(H,25,26)/t10-,11?,12?,13?,14?,19+/m0/s1. The Balaban J connectivity index is 1.42. The van der Waals surface area contributed by atoms with Gasteiger partial charge in [0.25, 0.3) is 0 Å². The maximum atomic E-state index is 12.0. The molecule has 0 aromatic carbocycles. The highest BCUT2D eigenvalue weighted by Gasteiger charge is 2.68. The van der Waals surface area contributed by atoms with Gasteiger partial charge in [-0.3, -0.25) is 14.4 Å². The van der Waals surface area contributed by atoms with Crippen LogP contribution in [-0.4, -0.2) is 60.8 Å². The molecule has 5 N–H and O–H groups in total. The van der Waals surface area contributed by atoms with Crippen LogP contribution in [0.15, 0.2) is 0 Å². The van der Waals surface area contributed by atoms with E-state index in [1.807, 2.05) is 6.92 Å². The first kappa shape index (κ1) is 22.0. The highest BCUT2D eigenvalue weighted by Crippen LogP contribution is 2.66. The molecule has 2 bridgehead atoms. The van der Waals surface area contributed by atoms with Gasteiger partial charge in [-0.2, -0.15) is 0 Å². The van der Waals surface area contributed by atoms with Crippen molar-refractivity contribution in [2.45, 2.75) is 70.5 Å². The van der Waals surface area contributed by atoms with Crippen molar-refractivity contribution >= 4 is 24.9 Å². The van der Waals surface area contributed by atoms with Gasteiger partial charge in [-0.1, -0.05) is 20.8 Å². The maximum absolute atomic E-state index is 12.0. The number of aliphatic carboxylic acids is 1. The van der Waals surface area contributed by atoms with Crippen LogP contribution < -0.4 is 16.4 Å². The highest BCUT2D eigenvalue weighted by atomic mass is 16.7. The van der Waals surface area contributed by atoms with Crippen molar-refractivity contribution in [1.82, 2.24) is 10.6 Å². The van der Waals surface area contributed by atoms with Crippen LogP contribution in [-0.2, 0) is 23.7 Å². The van der Waals surface area contributed by atoms with E-state index in [1.165, 1.54) is 6.42 Å². The molecule has 0 aromatic rings. The first-order chi connectivity index (χ1) is 13.4. The molecule has 29 heavy (non-hydrogen) atoms. The lowest BCUT2D eigenvalue weighted by Crippen LogP contribution is -2.65. The molecule has 4 unspecified atom stereocenters. The Labute approximate surface area is 171 Å². The van der Waals surface area contributed by atoms with Gasteiger partial charge >= 0.3 is 13.1 Å². The Kier molecular flexibility index (Phi) is 6.00. The van der Waals surface area contributed by atoms with Crippen LogP contribution in [0.5, 0.6) is 0 Å². The van der Waals surface area contributed by atoms with Crippen molar-refractivity contribution in [2.24, 2.45) is 23.0 Å². The number of hydrogen-bond acceptors (Lipinski definition) is 6. The summed E-state index contributed by atoms with van der Waals surface area (Å²) in [5.41, 5.74) is 5.45. The van der Waals surface area contributed by atoms with E-state index < -0.39 is 24.3 Å². The van der Waals surface area contributed by atoms with Gasteiger partial charge in [0.15, 0.2) is 0 Å². The van der Waals surface area contributed by atoms with Gasteiger partial charge in [-0.15, -0.1) is 0 Å². The molecule has 4 rings (SSSR count). The minimum Gasteiger partial charge on any atom is -0.481 e. The zero-order valence-electron chi connectivity index (χ0n) is 17.6.